The van der Waals surface area contributed by atoms with E-state index in [2.05, 4.69) is 20.5 Å². The van der Waals surface area contributed by atoms with Crippen LogP contribution in [0.4, 0.5) is 9.52 Å². The Hall–Kier alpha value is -2.10. The molecule has 0 atom stereocenters. The second-order valence-electron chi connectivity index (χ2n) is 4.62. The standard InChI is InChI=1S/C15H11FN4OS3/c16-11-6-2-1-4-9(11)8-23-15-20-19-14(24-15)18-12(21)10-5-3-7-17-13(10)22/h1-7H,8H2,(H,17,22)(H,18,19,21). The van der Waals surface area contributed by atoms with Crippen molar-refractivity contribution in [2.75, 3.05) is 5.32 Å². The summed E-state index contributed by atoms with van der Waals surface area (Å²) in [6, 6.07) is 9.90. The second-order valence-corrected chi connectivity index (χ2v) is 7.23. The van der Waals surface area contributed by atoms with Gasteiger partial charge in [-0.2, -0.15) is 0 Å². The van der Waals surface area contributed by atoms with E-state index in [1.165, 1.54) is 29.2 Å². The van der Waals surface area contributed by atoms with E-state index in [0.717, 1.165) is 0 Å². The van der Waals surface area contributed by atoms with E-state index < -0.39 is 0 Å². The van der Waals surface area contributed by atoms with Crippen molar-refractivity contribution in [3.63, 3.8) is 0 Å². The number of aromatic amines is 1. The second kappa shape index (κ2) is 7.65. The minimum atomic E-state index is -0.348. The highest BCUT2D eigenvalue weighted by molar-refractivity contribution is 8.00. The molecule has 3 aromatic rings. The molecule has 5 nitrogen and oxygen atoms in total. The van der Waals surface area contributed by atoms with Crippen molar-refractivity contribution in [1.82, 2.24) is 15.2 Å². The zero-order chi connectivity index (χ0) is 16.9. The first-order chi connectivity index (χ1) is 11.6. The number of amides is 1. The summed E-state index contributed by atoms with van der Waals surface area (Å²) in [6.07, 6.45) is 1.65. The van der Waals surface area contributed by atoms with E-state index in [9.17, 15) is 9.18 Å². The van der Waals surface area contributed by atoms with Crippen LogP contribution in [0.2, 0.25) is 0 Å². The van der Waals surface area contributed by atoms with E-state index in [1.54, 1.807) is 36.5 Å². The molecule has 2 N–H and O–H groups in total. The fourth-order valence-corrected chi connectivity index (χ4v) is 3.80. The molecule has 0 unspecified atom stereocenters. The minimum absolute atomic E-state index is 0.249. The number of hydrogen-bond donors (Lipinski definition) is 2. The lowest BCUT2D eigenvalue weighted by molar-refractivity contribution is 0.102. The lowest BCUT2D eigenvalue weighted by Crippen LogP contribution is -2.12. The number of hydrogen-bond acceptors (Lipinski definition) is 6. The first-order valence-corrected chi connectivity index (χ1v) is 9.03. The smallest absolute Gasteiger partial charge is 0.260 e. The normalized spacial score (nSPS) is 10.5. The van der Waals surface area contributed by atoms with Crippen LogP contribution in [0.25, 0.3) is 0 Å². The number of nitrogens with zero attached hydrogens (tertiary/aromatic N) is 2. The van der Waals surface area contributed by atoms with Crippen molar-refractivity contribution in [1.29, 1.82) is 0 Å². The van der Waals surface area contributed by atoms with E-state index in [0.29, 0.717) is 31.0 Å². The van der Waals surface area contributed by atoms with Gasteiger partial charge in [0, 0.05) is 11.9 Å². The van der Waals surface area contributed by atoms with Gasteiger partial charge in [0.05, 0.1) is 5.56 Å². The molecule has 0 spiro atoms. The molecule has 2 aromatic heterocycles. The average Bonchev–Trinajstić information content (AvgIpc) is 3.02. The molecule has 0 saturated carbocycles. The monoisotopic (exact) mass is 378 g/mol. The van der Waals surface area contributed by atoms with Crippen molar-refractivity contribution in [3.8, 4) is 0 Å². The van der Waals surface area contributed by atoms with Crippen molar-refractivity contribution >= 4 is 46.4 Å². The van der Waals surface area contributed by atoms with Gasteiger partial charge >= 0.3 is 0 Å². The Kier molecular flexibility index (Phi) is 5.34. The third-order valence-electron chi connectivity index (χ3n) is 3.00. The van der Waals surface area contributed by atoms with Crippen LogP contribution < -0.4 is 5.32 Å². The Morgan fingerprint density at radius 2 is 2.12 bits per heavy atom. The Labute approximate surface area is 150 Å². The van der Waals surface area contributed by atoms with Crippen LogP contribution in [0.5, 0.6) is 0 Å². The molecule has 0 aliphatic carbocycles. The summed E-state index contributed by atoms with van der Waals surface area (Å²) in [4.78, 5) is 15.0. The number of rotatable bonds is 5. The first-order valence-electron chi connectivity index (χ1n) is 6.82. The van der Waals surface area contributed by atoms with Crippen LogP contribution in [0.3, 0.4) is 0 Å². The maximum Gasteiger partial charge on any atom is 0.260 e. The van der Waals surface area contributed by atoms with Gasteiger partial charge in [0.15, 0.2) is 4.34 Å². The Balaban J connectivity index is 1.64. The van der Waals surface area contributed by atoms with Crippen LogP contribution in [0.1, 0.15) is 15.9 Å². The minimum Gasteiger partial charge on any atom is -0.352 e. The summed E-state index contributed by atoms with van der Waals surface area (Å²) in [6.45, 7) is 0. The maximum atomic E-state index is 13.6. The number of aromatic nitrogens is 3. The molecule has 1 amide bonds. The van der Waals surface area contributed by atoms with E-state index in [-0.39, 0.29) is 11.7 Å². The molecule has 9 heteroatoms. The number of carbonyl (C=O) groups excluding carboxylic acids is 1. The fourth-order valence-electron chi connectivity index (χ4n) is 1.84. The van der Waals surface area contributed by atoms with Crippen LogP contribution in [-0.2, 0) is 5.75 Å². The fraction of sp³-hybridized carbons (Fsp3) is 0.0667. The SMILES string of the molecule is O=C(Nc1nnc(SCc2ccccc2F)s1)c1ccc[nH]c1=S. The zero-order valence-electron chi connectivity index (χ0n) is 12.2. The summed E-state index contributed by atoms with van der Waals surface area (Å²) in [5.74, 6) is -0.154. The lowest BCUT2D eigenvalue weighted by atomic mass is 10.2. The van der Waals surface area contributed by atoms with Gasteiger partial charge in [0.1, 0.15) is 10.5 Å². The summed E-state index contributed by atoms with van der Waals surface area (Å²) >= 11 is 7.66. The summed E-state index contributed by atoms with van der Waals surface area (Å²) < 4.78 is 14.6. The molecular weight excluding hydrogens is 367 g/mol. The molecule has 122 valence electrons. The molecular formula is C15H11FN4OS3. The molecule has 0 radical (unpaired) electrons. The van der Waals surface area contributed by atoms with E-state index >= 15 is 0 Å². The van der Waals surface area contributed by atoms with Gasteiger partial charge in [-0.3, -0.25) is 10.1 Å². The van der Waals surface area contributed by atoms with Crippen molar-refractivity contribution in [2.24, 2.45) is 0 Å². The van der Waals surface area contributed by atoms with Gasteiger partial charge in [0.25, 0.3) is 5.91 Å². The number of H-pyrrole nitrogens is 1. The molecule has 1 aromatic carbocycles. The third-order valence-corrected chi connectivity index (χ3v) is 5.36. The molecule has 0 fully saturated rings. The van der Waals surface area contributed by atoms with Crippen LogP contribution in [0.15, 0.2) is 46.9 Å². The first kappa shape index (κ1) is 16.7. The lowest BCUT2D eigenvalue weighted by Gasteiger charge is -2.00. The summed E-state index contributed by atoms with van der Waals surface area (Å²) in [7, 11) is 0. The van der Waals surface area contributed by atoms with Gasteiger partial charge in [-0.1, -0.05) is 53.5 Å². The zero-order valence-corrected chi connectivity index (χ0v) is 14.6. The number of benzene rings is 1. The quantitative estimate of drug-likeness (QED) is 0.394. The highest BCUT2D eigenvalue weighted by atomic mass is 32.2. The van der Waals surface area contributed by atoms with Crippen LogP contribution in [0, 0.1) is 10.5 Å². The average molecular weight is 378 g/mol. The highest BCUT2D eigenvalue weighted by Crippen LogP contribution is 2.29. The number of carbonyl (C=O) groups is 1. The molecule has 24 heavy (non-hydrogen) atoms. The molecule has 0 saturated heterocycles. The Morgan fingerprint density at radius 1 is 1.29 bits per heavy atom. The van der Waals surface area contributed by atoms with Gasteiger partial charge in [0.2, 0.25) is 5.13 Å². The van der Waals surface area contributed by atoms with Gasteiger partial charge in [-0.05, 0) is 23.8 Å². The third kappa shape index (κ3) is 4.05. The number of halogens is 1. The topological polar surface area (TPSA) is 70.7 Å². The number of thioether (sulfide) groups is 1. The van der Waals surface area contributed by atoms with Gasteiger partial charge in [-0.25, -0.2) is 4.39 Å². The number of pyridine rings is 1. The molecule has 0 aliphatic rings. The van der Waals surface area contributed by atoms with E-state index in [1.807, 2.05) is 0 Å². The molecule has 0 aliphatic heterocycles. The summed E-state index contributed by atoms with van der Waals surface area (Å²) in [5, 5.41) is 10.9. The molecule has 2 heterocycles. The summed E-state index contributed by atoms with van der Waals surface area (Å²) in [5.41, 5.74) is 0.960. The van der Waals surface area contributed by atoms with Crippen molar-refractivity contribution < 1.29 is 9.18 Å². The highest BCUT2D eigenvalue weighted by Gasteiger charge is 2.12. The van der Waals surface area contributed by atoms with Crippen molar-refractivity contribution in [2.45, 2.75) is 10.1 Å². The Morgan fingerprint density at radius 3 is 2.92 bits per heavy atom. The van der Waals surface area contributed by atoms with Crippen LogP contribution in [-0.4, -0.2) is 21.1 Å². The number of anilines is 1. The van der Waals surface area contributed by atoms with Crippen molar-refractivity contribution in [3.05, 3.63) is 64.2 Å². The predicted molar refractivity (Wildman–Crippen MR) is 95.4 cm³/mol. The Bertz CT molecular complexity index is 925. The largest absolute Gasteiger partial charge is 0.352 e. The molecule has 3 rings (SSSR count). The maximum absolute atomic E-state index is 13.6. The van der Waals surface area contributed by atoms with Gasteiger partial charge < -0.3 is 4.98 Å². The van der Waals surface area contributed by atoms with Crippen LogP contribution >= 0.6 is 35.3 Å². The van der Waals surface area contributed by atoms with Gasteiger partial charge in [-0.15, -0.1) is 10.2 Å². The number of nitrogens with one attached hydrogen (secondary N) is 2. The molecule has 0 bridgehead atoms. The van der Waals surface area contributed by atoms with E-state index in [4.69, 9.17) is 12.2 Å². The predicted octanol–water partition coefficient (Wildman–Crippen LogP) is 4.28.